The lowest BCUT2D eigenvalue weighted by Gasteiger charge is -2.21. The van der Waals surface area contributed by atoms with Gasteiger partial charge in [0.1, 0.15) is 6.04 Å². The van der Waals surface area contributed by atoms with Crippen LogP contribution in [0.15, 0.2) is 6.20 Å². The van der Waals surface area contributed by atoms with Gasteiger partial charge in [-0.05, 0) is 34.1 Å². The number of carboxylic acid groups (broad SMARTS) is 1. The molecule has 0 fully saturated rings. The summed E-state index contributed by atoms with van der Waals surface area (Å²) in [6.07, 6.45) is 1.82. The average molecular weight is 267 g/mol. The zero-order valence-corrected chi connectivity index (χ0v) is 12.0. The van der Waals surface area contributed by atoms with E-state index in [9.17, 15) is 9.59 Å². The molecule has 0 radical (unpaired) electrons. The monoisotopic (exact) mass is 267 g/mol. The third-order valence-electron chi connectivity index (χ3n) is 2.90. The molecule has 106 valence electrons. The molecule has 0 aliphatic rings. The van der Waals surface area contributed by atoms with Crippen LogP contribution < -0.4 is 5.32 Å². The zero-order chi connectivity index (χ0) is 14.8. The molecule has 0 aliphatic carbocycles. The van der Waals surface area contributed by atoms with E-state index in [1.165, 1.54) is 6.20 Å². The first kappa shape index (κ1) is 15.2. The topological polar surface area (TPSA) is 84.2 Å². The maximum atomic E-state index is 12.1. The second-order valence-corrected chi connectivity index (χ2v) is 5.50. The lowest BCUT2D eigenvalue weighted by Crippen LogP contribution is -2.40. The summed E-state index contributed by atoms with van der Waals surface area (Å²) < 4.78 is 1.75. The Morgan fingerprint density at radius 1 is 1.47 bits per heavy atom. The van der Waals surface area contributed by atoms with Crippen LogP contribution in [0.4, 0.5) is 0 Å². The number of carbonyl (C=O) groups is 2. The second kappa shape index (κ2) is 5.42. The molecule has 1 heterocycles. The maximum Gasteiger partial charge on any atom is 0.326 e. The summed E-state index contributed by atoms with van der Waals surface area (Å²) in [6, 6.07) is -0.870. The number of carboxylic acids is 1. The molecule has 1 atom stereocenters. The standard InChI is InChI=1S/C13H21N3O3/c1-6-10(12(18)19)15-11(17)9-7-14-16(8(9)2)13(3,4)5/h7,10H,6H2,1-5H3,(H,15,17)(H,18,19). The quantitative estimate of drug-likeness (QED) is 0.866. The fourth-order valence-corrected chi connectivity index (χ4v) is 1.88. The van der Waals surface area contributed by atoms with Crippen molar-refractivity contribution in [2.75, 3.05) is 0 Å². The molecule has 6 heteroatoms. The van der Waals surface area contributed by atoms with Gasteiger partial charge in [-0.15, -0.1) is 0 Å². The Bertz CT molecular complexity index is 486. The first-order valence-corrected chi connectivity index (χ1v) is 6.27. The molecule has 6 nitrogen and oxygen atoms in total. The number of hydrogen-bond donors (Lipinski definition) is 2. The third-order valence-corrected chi connectivity index (χ3v) is 2.90. The Labute approximate surface area is 112 Å². The van der Waals surface area contributed by atoms with E-state index in [2.05, 4.69) is 10.4 Å². The zero-order valence-electron chi connectivity index (χ0n) is 12.0. The van der Waals surface area contributed by atoms with E-state index in [-0.39, 0.29) is 5.54 Å². The molecule has 2 N–H and O–H groups in total. The number of carbonyl (C=O) groups excluding carboxylic acids is 1. The highest BCUT2D eigenvalue weighted by molar-refractivity contribution is 5.97. The van der Waals surface area contributed by atoms with Crippen LogP contribution in [0, 0.1) is 6.92 Å². The number of hydrogen-bond acceptors (Lipinski definition) is 3. The van der Waals surface area contributed by atoms with Gasteiger partial charge in [0.15, 0.2) is 0 Å². The summed E-state index contributed by atoms with van der Waals surface area (Å²) in [5.41, 5.74) is 0.916. The van der Waals surface area contributed by atoms with Crippen molar-refractivity contribution in [1.82, 2.24) is 15.1 Å². The van der Waals surface area contributed by atoms with Crippen LogP contribution in [0.25, 0.3) is 0 Å². The predicted molar refractivity (Wildman–Crippen MR) is 71.1 cm³/mol. The van der Waals surface area contributed by atoms with E-state index in [1.54, 1.807) is 18.5 Å². The molecule has 1 unspecified atom stereocenters. The summed E-state index contributed by atoms with van der Waals surface area (Å²) in [7, 11) is 0. The van der Waals surface area contributed by atoms with Gasteiger partial charge >= 0.3 is 5.97 Å². The Morgan fingerprint density at radius 2 is 2.05 bits per heavy atom. The summed E-state index contributed by atoms with van der Waals surface area (Å²) in [4.78, 5) is 23.0. The summed E-state index contributed by atoms with van der Waals surface area (Å²) in [5.74, 6) is -1.43. The van der Waals surface area contributed by atoms with Crippen LogP contribution in [-0.2, 0) is 10.3 Å². The Hall–Kier alpha value is -1.85. The van der Waals surface area contributed by atoms with Gasteiger partial charge in [0.05, 0.1) is 17.3 Å². The van der Waals surface area contributed by atoms with Crippen molar-refractivity contribution < 1.29 is 14.7 Å². The number of rotatable bonds is 4. The van der Waals surface area contributed by atoms with E-state index in [0.29, 0.717) is 12.0 Å². The molecule has 0 saturated carbocycles. The van der Waals surface area contributed by atoms with Gasteiger partial charge in [-0.2, -0.15) is 5.10 Å². The SMILES string of the molecule is CCC(NC(=O)c1cnn(C(C)(C)C)c1C)C(=O)O. The van der Waals surface area contributed by atoms with Gasteiger partial charge in [-0.1, -0.05) is 6.92 Å². The van der Waals surface area contributed by atoms with E-state index in [4.69, 9.17) is 5.11 Å². The van der Waals surface area contributed by atoms with Crippen molar-refractivity contribution in [3.05, 3.63) is 17.5 Å². The van der Waals surface area contributed by atoms with E-state index < -0.39 is 17.9 Å². The van der Waals surface area contributed by atoms with Crippen molar-refractivity contribution in [3.63, 3.8) is 0 Å². The number of nitrogens with one attached hydrogen (secondary N) is 1. The lowest BCUT2D eigenvalue weighted by atomic mass is 10.1. The van der Waals surface area contributed by atoms with Crippen molar-refractivity contribution >= 4 is 11.9 Å². The Morgan fingerprint density at radius 3 is 2.42 bits per heavy atom. The smallest absolute Gasteiger partial charge is 0.326 e. The number of aliphatic carboxylic acids is 1. The van der Waals surface area contributed by atoms with E-state index >= 15 is 0 Å². The minimum absolute atomic E-state index is 0.223. The molecule has 1 aromatic heterocycles. The molecule has 19 heavy (non-hydrogen) atoms. The second-order valence-electron chi connectivity index (χ2n) is 5.50. The van der Waals surface area contributed by atoms with Gasteiger partial charge in [0.25, 0.3) is 5.91 Å². The van der Waals surface area contributed by atoms with Crippen LogP contribution in [-0.4, -0.2) is 32.8 Å². The average Bonchev–Trinajstić information content (AvgIpc) is 2.66. The molecule has 0 saturated heterocycles. The van der Waals surface area contributed by atoms with Gasteiger partial charge < -0.3 is 10.4 Å². The highest BCUT2D eigenvalue weighted by Gasteiger charge is 2.24. The molecule has 0 aromatic carbocycles. The van der Waals surface area contributed by atoms with Gasteiger partial charge in [0.2, 0.25) is 0 Å². The Kier molecular flexibility index (Phi) is 4.34. The van der Waals surface area contributed by atoms with Crippen molar-refractivity contribution in [1.29, 1.82) is 0 Å². The summed E-state index contributed by atoms with van der Waals surface area (Å²) >= 11 is 0. The minimum Gasteiger partial charge on any atom is -0.480 e. The lowest BCUT2D eigenvalue weighted by molar-refractivity contribution is -0.139. The van der Waals surface area contributed by atoms with E-state index in [1.807, 2.05) is 20.8 Å². The highest BCUT2D eigenvalue weighted by Crippen LogP contribution is 2.18. The van der Waals surface area contributed by atoms with Crippen LogP contribution >= 0.6 is 0 Å². The van der Waals surface area contributed by atoms with Gasteiger partial charge in [-0.3, -0.25) is 9.48 Å². The molecule has 0 bridgehead atoms. The van der Waals surface area contributed by atoms with Crippen molar-refractivity contribution in [3.8, 4) is 0 Å². The largest absolute Gasteiger partial charge is 0.480 e. The molecule has 0 spiro atoms. The molecule has 1 amide bonds. The Balaban J connectivity index is 2.96. The first-order chi connectivity index (χ1) is 8.68. The van der Waals surface area contributed by atoms with Crippen molar-refractivity contribution in [2.24, 2.45) is 0 Å². The molecule has 0 aliphatic heterocycles. The van der Waals surface area contributed by atoms with Crippen LogP contribution in [0.3, 0.4) is 0 Å². The van der Waals surface area contributed by atoms with Crippen LogP contribution in [0.2, 0.25) is 0 Å². The van der Waals surface area contributed by atoms with Gasteiger partial charge in [0, 0.05) is 5.69 Å². The highest BCUT2D eigenvalue weighted by atomic mass is 16.4. The number of amides is 1. The maximum absolute atomic E-state index is 12.1. The van der Waals surface area contributed by atoms with E-state index in [0.717, 1.165) is 5.69 Å². The summed E-state index contributed by atoms with van der Waals surface area (Å²) in [6.45, 7) is 9.47. The molecule has 1 rings (SSSR count). The minimum atomic E-state index is -1.03. The van der Waals surface area contributed by atoms with Crippen molar-refractivity contribution in [2.45, 2.75) is 52.6 Å². The van der Waals surface area contributed by atoms with Crippen LogP contribution in [0.1, 0.15) is 50.2 Å². The predicted octanol–water partition coefficient (Wildman–Crippen LogP) is 1.54. The molecule has 1 aromatic rings. The van der Waals surface area contributed by atoms with Crippen LogP contribution in [0.5, 0.6) is 0 Å². The summed E-state index contributed by atoms with van der Waals surface area (Å²) in [5, 5.41) is 15.6. The normalized spacial score (nSPS) is 13.1. The number of nitrogens with zero attached hydrogens (tertiary/aromatic N) is 2. The molecular weight excluding hydrogens is 246 g/mol. The fourth-order valence-electron chi connectivity index (χ4n) is 1.88. The molecular formula is C13H21N3O3. The van der Waals surface area contributed by atoms with Gasteiger partial charge in [-0.25, -0.2) is 4.79 Å². The fraction of sp³-hybridized carbons (Fsp3) is 0.615. The first-order valence-electron chi connectivity index (χ1n) is 6.27. The third kappa shape index (κ3) is 3.33. The number of aromatic nitrogens is 2.